The summed E-state index contributed by atoms with van der Waals surface area (Å²) in [6.45, 7) is 1.88. The second-order valence-electron chi connectivity index (χ2n) is 7.04. The molecule has 3 aromatic rings. The van der Waals surface area contributed by atoms with Crippen molar-refractivity contribution in [3.63, 3.8) is 0 Å². The molecule has 1 aromatic heterocycles. The number of halogens is 1. The number of carbonyl (C=O) groups is 2. The second kappa shape index (κ2) is 8.24. The summed E-state index contributed by atoms with van der Waals surface area (Å²) < 4.78 is 13.7. The van der Waals surface area contributed by atoms with E-state index in [0.29, 0.717) is 22.6 Å². The molecule has 2 amide bonds. The number of rotatable bonds is 4. The van der Waals surface area contributed by atoms with Crippen molar-refractivity contribution in [1.29, 1.82) is 0 Å². The summed E-state index contributed by atoms with van der Waals surface area (Å²) in [6, 6.07) is 13.3. The Labute approximate surface area is 172 Å². The standard InChI is InChI=1S/C23H19FN4O2/c1-14-6-7-16(22-25-8-3-9-26-22)11-20(14)28-23(30)19-13-27-21(29)12-18(19)15-4-2-5-17(24)10-15/h2-11,13,18H,12H2,1H3,(H,27,29)(H,28,30). The molecule has 0 spiro atoms. The van der Waals surface area contributed by atoms with E-state index >= 15 is 0 Å². The van der Waals surface area contributed by atoms with Crippen molar-refractivity contribution in [2.75, 3.05) is 5.32 Å². The Morgan fingerprint density at radius 2 is 1.93 bits per heavy atom. The zero-order chi connectivity index (χ0) is 21.1. The first-order chi connectivity index (χ1) is 14.5. The van der Waals surface area contributed by atoms with Crippen LogP contribution in [0.1, 0.15) is 23.5 Å². The fourth-order valence-electron chi connectivity index (χ4n) is 3.40. The van der Waals surface area contributed by atoms with Gasteiger partial charge in [-0.1, -0.05) is 24.3 Å². The van der Waals surface area contributed by atoms with Crippen molar-refractivity contribution in [2.24, 2.45) is 0 Å². The molecule has 0 saturated heterocycles. The number of nitrogens with zero attached hydrogens (tertiary/aromatic N) is 2. The average Bonchev–Trinajstić information content (AvgIpc) is 2.76. The van der Waals surface area contributed by atoms with Gasteiger partial charge in [-0.25, -0.2) is 14.4 Å². The van der Waals surface area contributed by atoms with Crippen LogP contribution in [-0.4, -0.2) is 21.8 Å². The van der Waals surface area contributed by atoms with Gasteiger partial charge in [-0.3, -0.25) is 9.59 Å². The van der Waals surface area contributed by atoms with Gasteiger partial charge in [-0.15, -0.1) is 0 Å². The van der Waals surface area contributed by atoms with Crippen LogP contribution in [0.4, 0.5) is 10.1 Å². The Morgan fingerprint density at radius 1 is 1.13 bits per heavy atom. The van der Waals surface area contributed by atoms with Crippen molar-refractivity contribution in [1.82, 2.24) is 15.3 Å². The van der Waals surface area contributed by atoms with E-state index in [-0.39, 0.29) is 18.2 Å². The first-order valence-electron chi connectivity index (χ1n) is 9.45. The second-order valence-corrected chi connectivity index (χ2v) is 7.04. The third kappa shape index (κ3) is 4.10. The van der Waals surface area contributed by atoms with E-state index in [1.54, 1.807) is 30.6 Å². The highest BCUT2D eigenvalue weighted by Crippen LogP contribution is 2.32. The van der Waals surface area contributed by atoms with Gasteiger partial charge in [0.25, 0.3) is 5.91 Å². The Morgan fingerprint density at radius 3 is 2.70 bits per heavy atom. The molecule has 1 atom stereocenters. The number of nitrogens with one attached hydrogen (secondary N) is 2. The SMILES string of the molecule is Cc1ccc(-c2ncccn2)cc1NC(=O)C1=CNC(=O)CC1c1cccc(F)c1. The molecule has 4 rings (SSSR count). The maximum atomic E-state index is 13.7. The minimum Gasteiger partial charge on any atom is -0.332 e. The van der Waals surface area contributed by atoms with Crippen LogP contribution in [-0.2, 0) is 9.59 Å². The van der Waals surface area contributed by atoms with Gasteiger partial charge in [-0.2, -0.15) is 0 Å². The minimum atomic E-state index is -0.532. The molecule has 1 aliphatic heterocycles. The topological polar surface area (TPSA) is 84.0 Å². The average molecular weight is 402 g/mol. The third-order valence-corrected chi connectivity index (χ3v) is 4.98. The maximum absolute atomic E-state index is 13.7. The van der Waals surface area contributed by atoms with E-state index in [9.17, 15) is 14.0 Å². The number of hydrogen-bond donors (Lipinski definition) is 2. The van der Waals surface area contributed by atoms with Gasteiger partial charge in [-0.05, 0) is 42.3 Å². The molecule has 0 fully saturated rings. The molecular weight excluding hydrogens is 383 g/mol. The smallest absolute Gasteiger partial charge is 0.253 e. The molecule has 0 radical (unpaired) electrons. The quantitative estimate of drug-likeness (QED) is 0.697. The lowest BCUT2D eigenvalue weighted by molar-refractivity contribution is -0.121. The Hall–Kier alpha value is -3.87. The molecule has 2 aromatic carbocycles. The van der Waals surface area contributed by atoms with Crippen LogP contribution in [0.25, 0.3) is 11.4 Å². The van der Waals surface area contributed by atoms with Gasteiger partial charge in [0.2, 0.25) is 5.91 Å². The van der Waals surface area contributed by atoms with Crippen LogP contribution >= 0.6 is 0 Å². The van der Waals surface area contributed by atoms with Crippen LogP contribution in [0.3, 0.4) is 0 Å². The highest BCUT2D eigenvalue weighted by Gasteiger charge is 2.29. The van der Waals surface area contributed by atoms with Gasteiger partial charge >= 0.3 is 0 Å². The summed E-state index contributed by atoms with van der Waals surface area (Å²) in [5, 5.41) is 5.50. The lowest BCUT2D eigenvalue weighted by Crippen LogP contribution is -2.32. The van der Waals surface area contributed by atoms with E-state index in [4.69, 9.17) is 0 Å². The largest absolute Gasteiger partial charge is 0.332 e. The first kappa shape index (κ1) is 19.4. The van der Waals surface area contributed by atoms with Crippen LogP contribution in [0.2, 0.25) is 0 Å². The Kier molecular flexibility index (Phi) is 5.34. The maximum Gasteiger partial charge on any atom is 0.253 e. The zero-order valence-electron chi connectivity index (χ0n) is 16.2. The summed E-state index contributed by atoms with van der Waals surface area (Å²) in [5.41, 5.74) is 3.19. The van der Waals surface area contributed by atoms with Crippen molar-refractivity contribution in [3.05, 3.63) is 89.6 Å². The lowest BCUT2D eigenvalue weighted by atomic mass is 9.86. The Balaban J connectivity index is 1.63. The Bertz CT molecular complexity index is 1140. The van der Waals surface area contributed by atoms with Crippen LogP contribution < -0.4 is 10.6 Å². The van der Waals surface area contributed by atoms with Crippen LogP contribution in [0.5, 0.6) is 0 Å². The van der Waals surface area contributed by atoms with Gasteiger partial charge in [0.05, 0.1) is 0 Å². The molecule has 2 N–H and O–H groups in total. The number of anilines is 1. The van der Waals surface area contributed by atoms with Crippen molar-refractivity contribution in [3.8, 4) is 11.4 Å². The molecule has 0 saturated carbocycles. The minimum absolute atomic E-state index is 0.0690. The van der Waals surface area contributed by atoms with E-state index in [1.165, 1.54) is 18.3 Å². The summed E-state index contributed by atoms with van der Waals surface area (Å²) in [7, 11) is 0. The molecule has 1 unspecified atom stereocenters. The predicted molar refractivity (Wildman–Crippen MR) is 111 cm³/mol. The van der Waals surface area contributed by atoms with E-state index in [2.05, 4.69) is 20.6 Å². The zero-order valence-corrected chi connectivity index (χ0v) is 16.2. The molecule has 30 heavy (non-hydrogen) atoms. The molecule has 150 valence electrons. The molecular formula is C23H19FN4O2. The van der Waals surface area contributed by atoms with Gasteiger partial charge in [0.1, 0.15) is 5.82 Å². The van der Waals surface area contributed by atoms with E-state index in [1.807, 2.05) is 25.1 Å². The fourth-order valence-corrected chi connectivity index (χ4v) is 3.40. The third-order valence-electron chi connectivity index (χ3n) is 4.98. The van der Waals surface area contributed by atoms with Crippen LogP contribution in [0, 0.1) is 12.7 Å². The van der Waals surface area contributed by atoms with Gasteiger partial charge in [0.15, 0.2) is 5.82 Å². The molecule has 7 heteroatoms. The summed E-state index contributed by atoms with van der Waals surface area (Å²) in [4.78, 5) is 33.5. The van der Waals surface area contributed by atoms with Crippen molar-refractivity contribution < 1.29 is 14.0 Å². The summed E-state index contributed by atoms with van der Waals surface area (Å²) >= 11 is 0. The van der Waals surface area contributed by atoms with Gasteiger partial charge in [0, 0.05) is 47.8 Å². The number of aryl methyl sites for hydroxylation is 1. The van der Waals surface area contributed by atoms with Gasteiger partial charge < -0.3 is 10.6 Å². The van der Waals surface area contributed by atoms with Crippen LogP contribution in [0.15, 0.2) is 72.7 Å². The van der Waals surface area contributed by atoms with E-state index in [0.717, 1.165) is 11.1 Å². The normalized spacial score (nSPS) is 15.9. The molecule has 2 heterocycles. The number of hydrogen-bond acceptors (Lipinski definition) is 4. The fraction of sp³-hybridized carbons (Fsp3) is 0.130. The first-order valence-corrected chi connectivity index (χ1v) is 9.45. The molecule has 6 nitrogen and oxygen atoms in total. The highest BCUT2D eigenvalue weighted by molar-refractivity contribution is 6.07. The summed E-state index contributed by atoms with van der Waals surface area (Å²) in [6.07, 6.45) is 4.77. The lowest BCUT2D eigenvalue weighted by Gasteiger charge is -2.24. The van der Waals surface area contributed by atoms with Crippen molar-refractivity contribution in [2.45, 2.75) is 19.3 Å². The number of amides is 2. The molecule has 0 aliphatic carbocycles. The molecule has 0 bridgehead atoms. The highest BCUT2D eigenvalue weighted by atomic mass is 19.1. The number of aromatic nitrogens is 2. The predicted octanol–water partition coefficient (Wildman–Crippen LogP) is 3.72. The number of benzene rings is 2. The monoisotopic (exact) mass is 402 g/mol. The number of carbonyl (C=O) groups excluding carboxylic acids is 2. The molecule has 1 aliphatic rings. The summed E-state index contributed by atoms with van der Waals surface area (Å²) in [5.74, 6) is -0.978. The van der Waals surface area contributed by atoms with E-state index < -0.39 is 11.7 Å². The van der Waals surface area contributed by atoms with Crippen molar-refractivity contribution >= 4 is 17.5 Å².